The minimum absolute atomic E-state index is 0.117. The molecule has 1 N–H and O–H groups in total. The number of amides is 1. The fourth-order valence-electron chi connectivity index (χ4n) is 3.48. The molecule has 2 fully saturated rings. The van der Waals surface area contributed by atoms with Crippen molar-refractivity contribution in [3.63, 3.8) is 0 Å². The third kappa shape index (κ3) is 5.56. The summed E-state index contributed by atoms with van der Waals surface area (Å²) >= 11 is 0. The molecule has 0 aromatic carbocycles. The normalized spacial score (nSPS) is 19.1. The van der Waals surface area contributed by atoms with Crippen molar-refractivity contribution in [2.45, 2.75) is 12.8 Å². The Morgan fingerprint density at radius 3 is 2.74 bits per heavy atom. The van der Waals surface area contributed by atoms with Crippen molar-refractivity contribution in [1.29, 1.82) is 0 Å². The fourth-order valence-corrected chi connectivity index (χ4v) is 3.48. The number of aromatic nitrogens is 1. The van der Waals surface area contributed by atoms with Crippen molar-refractivity contribution in [2.24, 2.45) is 10.9 Å². The summed E-state index contributed by atoms with van der Waals surface area (Å²) in [5.74, 6) is 2.02. The van der Waals surface area contributed by atoms with Crippen molar-refractivity contribution in [1.82, 2.24) is 20.1 Å². The summed E-state index contributed by atoms with van der Waals surface area (Å²) in [7, 11) is 1.79. The number of morpholine rings is 1. The van der Waals surface area contributed by atoms with E-state index in [-0.39, 0.29) is 11.8 Å². The van der Waals surface area contributed by atoms with Gasteiger partial charge in [0.15, 0.2) is 5.96 Å². The molecule has 1 aromatic rings. The Bertz CT molecular complexity index is 611. The van der Waals surface area contributed by atoms with Gasteiger partial charge in [-0.05, 0) is 25.0 Å². The Labute approximate surface area is 160 Å². The summed E-state index contributed by atoms with van der Waals surface area (Å²) in [6.07, 6.45) is 5.15. The Kier molecular flexibility index (Phi) is 7.27. The number of pyridine rings is 1. The lowest BCUT2D eigenvalue weighted by Crippen LogP contribution is -2.50. The zero-order valence-electron chi connectivity index (χ0n) is 16.0. The number of hydrogen-bond donors (Lipinski definition) is 1. The maximum Gasteiger partial charge on any atom is 0.225 e. The van der Waals surface area contributed by atoms with Crippen LogP contribution in [0, 0.1) is 5.92 Å². The van der Waals surface area contributed by atoms with Gasteiger partial charge in [0.05, 0.1) is 26.0 Å². The van der Waals surface area contributed by atoms with Gasteiger partial charge in [-0.3, -0.25) is 14.8 Å². The monoisotopic (exact) mass is 375 g/mol. The molecule has 0 unspecified atom stereocenters. The van der Waals surface area contributed by atoms with E-state index in [0.29, 0.717) is 26.4 Å². The zero-order valence-corrected chi connectivity index (χ0v) is 16.0. The molecule has 0 radical (unpaired) electrons. The van der Waals surface area contributed by atoms with Crippen molar-refractivity contribution >= 4 is 11.9 Å². The highest BCUT2D eigenvalue weighted by Crippen LogP contribution is 2.20. The Morgan fingerprint density at radius 1 is 1.30 bits per heavy atom. The maximum atomic E-state index is 12.6. The van der Waals surface area contributed by atoms with Crippen LogP contribution < -0.4 is 10.1 Å². The lowest BCUT2D eigenvalue weighted by molar-refractivity contribution is -0.140. The van der Waals surface area contributed by atoms with E-state index in [1.54, 1.807) is 19.4 Å². The van der Waals surface area contributed by atoms with Gasteiger partial charge in [0.2, 0.25) is 5.91 Å². The van der Waals surface area contributed by atoms with Crippen molar-refractivity contribution in [2.75, 3.05) is 59.6 Å². The Balaban J connectivity index is 1.38. The quantitative estimate of drug-likeness (QED) is 0.461. The van der Waals surface area contributed by atoms with E-state index >= 15 is 0 Å². The van der Waals surface area contributed by atoms with E-state index < -0.39 is 0 Å². The summed E-state index contributed by atoms with van der Waals surface area (Å²) in [5.41, 5.74) is 0. The predicted octanol–water partition coefficient (Wildman–Crippen LogP) is 0.607. The van der Waals surface area contributed by atoms with E-state index in [4.69, 9.17) is 9.47 Å². The zero-order chi connectivity index (χ0) is 18.9. The van der Waals surface area contributed by atoms with Gasteiger partial charge in [0, 0.05) is 45.3 Å². The highest BCUT2D eigenvalue weighted by molar-refractivity contribution is 5.81. The highest BCUT2D eigenvalue weighted by Gasteiger charge is 2.30. The number of rotatable bonds is 5. The van der Waals surface area contributed by atoms with Gasteiger partial charge < -0.3 is 24.6 Å². The van der Waals surface area contributed by atoms with E-state index in [2.05, 4.69) is 20.2 Å². The number of piperidine rings is 1. The molecule has 8 heteroatoms. The summed E-state index contributed by atoms with van der Waals surface area (Å²) in [5, 5.41) is 3.34. The van der Waals surface area contributed by atoms with Gasteiger partial charge in [0.1, 0.15) is 12.4 Å². The molecule has 1 amide bonds. The molecule has 148 valence electrons. The minimum Gasteiger partial charge on any atom is -0.490 e. The molecular weight excluding hydrogens is 346 g/mol. The molecule has 3 rings (SSSR count). The largest absolute Gasteiger partial charge is 0.490 e. The lowest BCUT2D eigenvalue weighted by Gasteiger charge is -2.36. The third-order valence-corrected chi connectivity index (χ3v) is 4.97. The number of carbonyl (C=O) groups excluding carboxylic acids is 1. The lowest BCUT2D eigenvalue weighted by atomic mass is 9.95. The first-order valence-electron chi connectivity index (χ1n) is 9.63. The highest BCUT2D eigenvalue weighted by atomic mass is 16.5. The molecule has 0 bridgehead atoms. The van der Waals surface area contributed by atoms with Crippen LogP contribution in [0.15, 0.2) is 29.5 Å². The van der Waals surface area contributed by atoms with Gasteiger partial charge in [0.25, 0.3) is 0 Å². The minimum atomic E-state index is 0.117. The van der Waals surface area contributed by atoms with Crippen molar-refractivity contribution < 1.29 is 14.3 Å². The summed E-state index contributed by atoms with van der Waals surface area (Å²) < 4.78 is 11.0. The van der Waals surface area contributed by atoms with E-state index in [0.717, 1.165) is 50.7 Å². The van der Waals surface area contributed by atoms with E-state index in [1.807, 2.05) is 17.0 Å². The van der Waals surface area contributed by atoms with Crippen LogP contribution >= 0.6 is 0 Å². The second-order valence-corrected chi connectivity index (χ2v) is 6.71. The molecule has 2 saturated heterocycles. The van der Waals surface area contributed by atoms with Crippen LogP contribution in [-0.4, -0.2) is 86.2 Å². The number of aliphatic imine (C=N–C) groups is 1. The van der Waals surface area contributed by atoms with Crippen LogP contribution in [-0.2, 0) is 9.53 Å². The maximum absolute atomic E-state index is 12.6. The number of likely N-dealkylation sites (tertiary alicyclic amines) is 1. The van der Waals surface area contributed by atoms with Crippen molar-refractivity contribution in [3.8, 4) is 5.75 Å². The smallest absolute Gasteiger partial charge is 0.225 e. The Morgan fingerprint density at radius 2 is 2.07 bits per heavy atom. The predicted molar refractivity (Wildman–Crippen MR) is 103 cm³/mol. The number of hydrogen-bond acceptors (Lipinski definition) is 5. The van der Waals surface area contributed by atoms with Gasteiger partial charge in [-0.2, -0.15) is 0 Å². The van der Waals surface area contributed by atoms with Gasteiger partial charge >= 0.3 is 0 Å². The molecule has 0 saturated carbocycles. The molecule has 3 heterocycles. The molecular formula is C19H29N5O3. The number of ether oxygens (including phenoxy) is 2. The van der Waals surface area contributed by atoms with Gasteiger partial charge in [-0.25, -0.2) is 0 Å². The summed E-state index contributed by atoms with van der Waals surface area (Å²) in [6.45, 7) is 5.63. The molecule has 2 aliphatic heterocycles. The average Bonchev–Trinajstić information content (AvgIpc) is 2.75. The standard InChI is InChI=1S/C19H29N5O3/c1-20-19(22-7-12-27-17-3-2-6-21-15-17)24-8-4-16(5-9-24)18(25)23-10-13-26-14-11-23/h2-3,6,15-16H,4-5,7-14H2,1H3,(H,20,22). The number of nitrogens with zero attached hydrogens (tertiary/aromatic N) is 4. The molecule has 0 atom stereocenters. The first-order valence-corrected chi connectivity index (χ1v) is 9.63. The fraction of sp³-hybridized carbons (Fsp3) is 0.632. The van der Waals surface area contributed by atoms with Crippen LogP contribution in [0.1, 0.15) is 12.8 Å². The Hall–Kier alpha value is -2.35. The molecule has 2 aliphatic rings. The van der Waals surface area contributed by atoms with E-state index in [1.165, 1.54) is 0 Å². The first-order chi connectivity index (χ1) is 13.3. The van der Waals surface area contributed by atoms with Crippen LogP contribution in [0.5, 0.6) is 5.75 Å². The van der Waals surface area contributed by atoms with Gasteiger partial charge in [-0.15, -0.1) is 0 Å². The van der Waals surface area contributed by atoms with E-state index in [9.17, 15) is 4.79 Å². The molecule has 0 spiro atoms. The second kappa shape index (κ2) is 10.1. The topological polar surface area (TPSA) is 79.3 Å². The van der Waals surface area contributed by atoms with Crippen LogP contribution in [0.4, 0.5) is 0 Å². The van der Waals surface area contributed by atoms with Gasteiger partial charge in [-0.1, -0.05) is 0 Å². The molecule has 1 aromatic heterocycles. The van der Waals surface area contributed by atoms with Crippen LogP contribution in [0.25, 0.3) is 0 Å². The number of carbonyl (C=O) groups is 1. The molecule has 27 heavy (non-hydrogen) atoms. The first kappa shape index (κ1) is 19.4. The second-order valence-electron chi connectivity index (χ2n) is 6.71. The average molecular weight is 375 g/mol. The SMILES string of the molecule is CN=C(NCCOc1cccnc1)N1CCC(C(=O)N2CCOCC2)CC1. The number of nitrogens with one attached hydrogen (secondary N) is 1. The van der Waals surface area contributed by atoms with Crippen LogP contribution in [0.3, 0.4) is 0 Å². The molecule has 0 aliphatic carbocycles. The van der Waals surface area contributed by atoms with Crippen molar-refractivity contribution in [3.05, 3.63) is 24.5 Å². The number of guanidine groups is 1. The molecule has 8 nitrogen and oxygen atoms in total. The summed E-state index contributed by atoms with van der Waals surface area (Å²) in [6, 6.07) is 3.74. The van der Waals surface area contributed by atoms with Crippen LogP contribution in [0.2, 0.25) is 0 Å². The summed E-state index contributed by atoms with van der Waals surface area (Å²) in [4.78, 5) is 25.2. The third-order valence-electron chi connectivity index (χ3n) is 4.97.